The molecule has 77 heavy (non-hydrogen) atoms. The normalized spacial score (nSPS) is 32.8. The van der Waals surface area contributed by atoms with Gasteiger partial charge in [0.25, 0.3) is 5.79 Å². The lowest BCUT2D eigenvalue weighted by Gasteiger charge is -2.51. The highest BCUT2D eigenvalue weighted by Gasteiger charge is 2.60. The van der Waals surface area contributed by atoms with E-state index < -0.39 is 162 Å². The second-order valence-electron chi connectivity index (χ2n) is 17.9. The largest absolute Gasteiger partial charge is 0.477 e. The highest BCUT2D eigenvalue weighted by Crippen LogP contribution is 2.41. The molecular weight excluding hydrogens is 1130 g/mol. The first-order valence-electron chi connectivity index (χ1n) is 24.2. The third-order valence-corrected chi connectivity index (χ3v) is 15.9. The van der Waals surface area contributed by atoms with E-state index in [0.29, 0.717) is 18.2 Å². The van der Waals surface area contributed by atoms with Crippen LogP contribution in [0.5, 0.6) is 0 Å². The van der Waals surface area contributed by atoms with Crippen LogP contribution in [0.25, 0.3) is 0 Å². The Hall–Kier alpha value is -2.32. The van der Waals surface area contributed by atoms with Crippen molar-refractivity contribution in [3.8, 4) is 0 Å². The van der Waals surface area contributed by atoms with Gasteiger partial charge in [0.05, 0.1) is 78.2 Å². The standard InChI is InChI=1S/C41H71N3O29S4/c1-21(46)43-29-24(48)17-41(40(55)56,72-36(29)31(51)25(49)18-45)73-37-32(52)26(19-67-76(57,58)59)69-39(34(37)54)71-35-27(20-68-77(60,61)62)70-38(30(33(35)53)44-22(2)47)66-15-14-65-13-12-64-11-10-63-9-8-42-28(50)6-4-3-5-23-7-16-74-75-23/h23-27,29-39,45,48-49,51-54H,3-20H2,1-2H3,(H,42,50)(H,43,46)(H,44,47)(H,55,56)(H,57,58,59)(H,60,61,62)/t23?,24-,25+,26+,27+,29+,30+,31+,32-,33+,34+,35+,36+,37-,38+,39-,41-/m0/s1. The van der Waals surface area contributed by atoms with Gasteiger partial charge in [0.2, 0.25) is 17.7 Å². The SMILES string of the molecule is CC(=O)N[C@H]1[C@H](OCCOCCOCCOCCNC(=O)CCCCC2CCSS2)O[C@H](COS(=O)(=O)O)[C@@H](O[C@@H]2O[C@H](COS(=O)(=O)O)[C@H](O)[C@H](O[C@]3(C(=O)O)C[C@H](O)[C@@H](NC(C)=O)[C@H]([C@H](O)[C@H](O)CO)O3)[C@H]2O)[C@@H]1O. The van der Waals surface area contributed by atoms with Gasteiger partial charge in [-0.1, -0.05) is 28.0 Å². The number of hydrogen-bond donors (Lipinski definition) is 13. The number of carbonyl (C=O) groups is 4. The topological polar surface area (TPSA) is 476 Å². The number of carbonyl (C=O) groups excluding carboxylic acids is 3. The summed E-state index contributed by atoms with van der Waals surface area (Å²) in [6, 6.07) is -3.36. The Morgan fingerprint density at radius 1 is 0.753 bits per heavy atom. The lowest BCUT2D eigenvalue weighted by molar-refractivity contribution is -0.382. The number of amides is 3. The molecule has 4 rings (SSSR count). The van der Waals surface area contributed by atoms with Gasteiger partial charge < -0.3 is 99.4 Å². The number of ether oxygens (including phenoxy) is 9. The van der Waals surface area contributed by atoms with Gasteiger partial charge in [-0.2, -0.15) is 16.8 Å². The molecule has 0 radical (unpaired) electrons. The van der Waals surface area contributed by atoms with Crippen molar-refractivity contribution in [2.24, 2.45) is 0 Å². The monoisotopic (exact) mass is 1200 g/mol. The number of aliphatic hydroxyl groups excluding tert-OH is 7. The average molecular weight is 1200 g/mol. The summed E-state index contributed by atoms with van der Waals surface area (Å²) in [5, 5.41) is 95.2. The molecule has 0 aromatic carbocycles. The molecule has 0 spiro atoms. The molecule has 0 saturated carbocycles. The maximum atomic E-state index is 13.0. The first-order valence-corrected chi connectivity index (χ1v) is 29.3. The minimum atomic E-state index is -5.35. The van der Waals surface area contributed by atoms with Crippen molar-refractivity contribution in [3.05, 3.63) is 0 Å². The van der Waals surface area contributed by atoms with Crippen LogP contribution >= 0.6 is 21.6 Å². The molecule has 448 valence electrons. The van der Waals surface area contributed by atoms with E-state index in [4.69, 9.17) is 42.6 Å². The van der Waals surface area contributed by atoms with E-state index in [1.54, 1.807) is 0 Å². The number of carboxylic acid groups (broad SMARTS) is 1. The molecule has 13 N–H and O–H groups in total. The minimum absolute atomic E-state index is 0.0338. The zero-order valence-electron chi connectivity index (χ0n) is 41.8. The van der Waals surface area contributed by atoms with Gasteiger partial charge in [0.1, 0.15) is 67.1 Å². The van der Waals surface area contributed by atoms with Gasteiger partial charge in [0, 0.05) is 44.2 Å². The number of aliphatic carboxylic acids is 1. The molecule has 4 heterocycles. The maximum absolute atomic E-state index is 13.0. The molecule has 17 atom stereocenters. The molecule has 36 heteroatoms. The zero-order chi connectivity index (χ0) is 57.1. The Kier molecular flexibility index (Phi) is 28.2. The third kappa shape index (κ3) is 22.2. The first-order chi connectivity index (χ1) is 36.3. The van der Waals surface area contributed by atoms with Gasteiger partial charge in [-0.05, 0) is 19.3 Å². The van der Waals surface area contributed by atoms with Gasteiger partial charge in [0.15, 0.2) is 12.6 Å². The van der Waals surface area contributed by atoms with E-state index in [1.165, 1.54) is 12.2 Å². The molecule has 32 nitrogen and oxygen atoms in total. The van der Waals surface area contributed by atoms with Crippen molar-refractivity contribution in [1.82, 2.24) is 16.0 Å². The van der Waals surface area contributed by atoms with Crippen LogP contribution in [0.2, 0.25) is 0 Å². The Labute approximate surface area is 451 Å². The van der Waals surface area contributed by atoms with Crippen LogP contribution in [0, 0.1) is 0 Å². The van der Waals surface area contributed by atoms with Crippen LogP contribution in [-0.2, 0) is 91.0 Å². The molecule has 4 aliphatic heterocycles. The molecule has 4 saturated heterocycles. The van der Waals surface area contributed by atoms with Crippen LogP contribution in [0.1, 0.15) is 52.4 Å². The number of rotatable bonds is 34. The quantitative estimate of drug-likeness (QED) is 0.0162. The van der Waals surface area contributed by atoms with Crippen molar-refractivity contribution >= 4 is 66.1 Å². The van der Waals surface area contributed by atoms with Gasteiger partial charge >= 0.3 is 26.8 Å². The van der Waals surface area contributed by atoms with E-state index in [-0.39, 0.29) is 52.2 Å². The lowest BCUT2D eigenvalue weighted by Crippen LogP contribution is -2.71. The first kappa shape index (κ1) is 67.2. The van der Waals surface area contributed by atoms with E-state index >= 15 is 0 Å². The van der Waals surface area contributed by atoms with Crippen molar-refractivity contribution in [3.63, 3.8) is 0 Å². The Morgan fingerprint density at radius 2 is 1.34 bits per heavy atom. The van der Waals surface area contributed by atoms with Crippen molar-refractivity contribution in [1.29, 1.82) is 0 Å². The summed E-state index contributed by atoms with van der Waals surface area (Å²) < 4.78 is 125. The van der Waals surface area contributed by atoms with Crippen LogP contribution in [0.3, 0.4) is 0 Å². The fourth-order valence-electron chi connectivity index (χ4n) is 8.31. The second-order valence-corrected chi connectivity index (χ2v) is 22.9. The van der Waals surface area contributed by atoms with E-state index in [0.717, 1.165) is 33.1 Å². The van der Waals surface area contributed by atoms with E-state index in [1.807, 2.05) is 21.6 Å². The van der Waals surface area contributed by atoms with E-state index in [2.05, 4.69) is 24.3 Å². The van der Waals surface area contributed by atoms with Crippen molar-refractivity contribution in [2.75, 3.05) is 78.4 Å². The molecule has 0 aromatic rings. The predicted molar refractivity (Wildman–Crippen MR) is 259 cm³/mol. The fraction of sp³-hybridized carbons (Fsp3) is 0.902. The van der Waals surface area contributed by atoms with E-state index in [9.17, 15) is 86.0 Å². The molecule has 1 unspecified atom stereocenters. The Morgan fingerprint density at radius 3 is 1.91 bits per heavy atom. The Bertz CT molecular complexity index is 2070. The van der Waals surface area contributed by atoms with Crippen LogP contribution < -0.4 is 16.0 Å². The molecule has 0 aromatic heterocycles. The summed E-state index contributed by atoms with van der Waals surface area (Å²) in [4.78, 5) is 49.6. The summed E-state index contributed by atoms with van der Waals surface area (Å²) in [7, 11) is -6.83. The Balaban J connectivity index is 1.41. The van der Waals surface area contributed by atoms with Crippen LogP contribution in [0.15, 0.2) is 0 Å². The highest BCUT2D eigenvalue weighted by molar-refractivity contribution is 8.77. The van der Waals surface area contributed by atoms with Gasteiger partial charge in [-0.25, -0.2) is 13.2 Å². The molecule has 4 fully saturated rings. The smallest absolute Gasteiger partial charge is 0.397 e. The summed E-state index contributed by atoms with van der Waals surface area (Å²) in [5.41, 5.74) is 0. The number of aliphatic hydroxyl groups is 7. The second kappa shape index (κ2) is 32.4. The fourth-order valence-corrected chi connectivity index (χ4v) is 12.0. The summed E-state index contributed by atoms with van der Waals surface area (Å²) in [5.74, 6) is -5.96. The summed E-state index contributed by atoms with van der Waals surface area (Å²) >= 11 is 0. The number of unbranched alkanes of at least 4 members (excludes halogenated alkanes) is 1. The summed E-state index contributed by atoms with van der Waals surface area (Å²) in [6.45, 7) is -0.986. The third-order valence-electron chi connectivity index (χ3n) is 12.0. The van der Waals surface area contributed by atoms with Gasteiger partial charge in [-0.15, -0.1) is 0 Å². The number of carboxylic acids is 1. The molecular formula is C41H71N3O29S4. The van der Waals surface area contributed by atoms with Crippen LogP contribution in [0.4, 0.5) is 0 Å². The van der Waals surface area contributed by atoms with Gasteiger partial charge in [-0.3, -0.25) is 23.5 Å². The average Bonchev–Trinajstić information content (AvgIpc) is 3.89. The zero-order valence-corrected chi connectivity index (χ0v) is 45.1. The van der Waals surface area contributed by atoms with Crippen LogP contribution in [-0.4, -0.2) is 272 Å². The predicted octanol–water partition coefficient (Wildman–Crippen LogP) is -5.52. The van der Waals surface area contributed by atoms with Crippen molar-refractivity contribution in [2.45, 2.75) is 155 Å². The molecule has 0 aliphatic carbocycles. The summed E-state index contributed by atoms with van der Waals surface area (Å²) in [6.07, 6.45) is -24.9. The minimum Gasteiger partial charge on any atom is -0.477 e. The maximum Gasteiger partial charge on any atom is 0.397 e. The van der Waals surface area contributed by atoms with Crippen molar-refractivity contribution < 1.29 is 137 Å². The highest BCUT2D eigenvalue weighted by atomic mass is 33.1. The molecule has 0 bridgehead atoms. The molecule has 4 aliphatic rings. The molecule has 3 amide bonds. The lowest BCUT2D eigenvalue weighted by atomic mass is 9.88. The number of nitrogens with one attached hydrogen (secondary N) is 3. The number of hydrogen-bond acceptors (Lipinski definition) is 28.